The summed E-state index contributed by atoms with van der Waals surface area (Å²) in [5.74, 6) is 1.15. The Kier molecular flexibility index (Phi) is 7.55. The lowest BCUT2D eigenvalue weighted by Crippen LogP contribution is -2.46. The minimum Gasteiger partial charge on any atom is -0.467 e. The van der Waals surface area contributed by atoms with E-state index in [1.807, 2.05) is 18.2 Å². The van der Waals surface area contributed by atoms with Crippen molar-refractivity contribution in [2.24, 2.45) is 0 Å². The summed E-state index contributed by atoms with van der Waals surface area (Å²) >= 11 is 0. The Balaban J connectivity index is 1.33. The van der Waals surface area contributed by atoms with E-state index in [-0.39, 0.29) is 45.0 Å². The topological polar surface area (TPSA) is 93.5 Å². The zero-order valence-corrected chi connectivity index (χ0v) is 20.2. The number of anilines is 1. The van der Waals surface area contributed by atoms with Crippen LogP contribution in [0.3, 0.4) is 0 Å². The van der Waals surface area contributed by atoms with E-state index in [0.717, 1.165) is 18.4 Å². The highest BCUT2D eigenvalue weighted by Gasteiger charge is 2.27. The Hall–Kier alpha value is -4.05. The number of halogens is 1. The number of urea groups is 1. The first-order chi connectivity index (χ1) is 18.0. The van der Waals surface area contributed by atoms with Crippen LogP contribution in [0.25, 0.3) is 0 Å². The largest absolute Gasteiger partial charge is 0.467 e. The summed E-state index contributed by atoms with van der Waals surface area (Å²) in [5, 5.41) is 2.70. The van der Waals surface area contributed by atoms with Gasteiger partial charge in [0.15, 0.2) is 11.5 Å². The molecule has 3 heterocycles. The number of nitrogens with one attached hydrogen (secondary N) is 1. The van der Waals surface area contributed by atoms with Crippen molar-refractivity contribution in [2.45, 2.75) is 32.0 Å². The normalized spacial score (nSPS) is 16.0. The van der Waals surface area contributed by atoms with E-state index in [1.54, 1.807) is 29.4 Å². The maximum Gasteiger partial charge on any atom is 0.322 e. The number of hydrogen-bond donors (Lipinski definition) is 1. The third-order valence-corrected chi connectivity index (χ3v) is 6.23. The van der Waals surface area contributed by atoms with Crippen LogP contribution >= 0.6 is 0 Å². The summed E-state index contributed by atoms with van der Waals surface area (Å²) in [5.41, 5.74) is 1.15. The molecule has 3 aromatic rings. The van der Waals surface area contributed by atoms with Crippen LogP contribution in [-0.2, 0) is 22.6 Å². The fraction of sp³-hybridized carbons (Fsp3) is 0.333. The van der Waals surface area contributed by atoms with Crippen LogP contribution in [0.4, 0.5) is 14.9 Å². The lowest BCUT2D eigenvalue weighted by Gasteiger charge is -2.29. The maximum absolute atomic E-state index is 13.7. The number of benzene rings is 2. The number of carbonyl (C=O) groups is 2. The fourth-order valence-electron chi connectivity index (χ4n) is 4.37. The molecule has 0 spiro atoms. The van der Waals surface area contributed by atoms with Gasteiger partial charge in [-0.25, -0.2) is 9.18 Å². The van der Waals surface area contributed by atoms with Crippen molar-refractivity contribution < 1.29 is 32.6 Å². The van der Waals surface area contributed by atoms with E-state index in [0.29, 0.717) is 29.6 Å². The molecule has 1 N–H and O–H groups in total. The van der Waals surface area contributed by atoms with E-state index in [9.17, 15) is 14.0 Å². The average Bonchev–Trinajstić information content (AvgIpc) is 3.66. The number of hydrogen-bond acceptors (Lipinski definition) is 6. The van der Waals surface area contributed by atoms with Gasteiger partial charge in [0, 0.05) is 25.4 Å². The van der Waals surface area contributed by atoms with Crippen LogP contribution in [0.15, 0.2) is 65.3 Å². The van der Waals surface area contributed by atoms with Gasteiger partial charge in [-0.2, -0.15) is 0 Å². The Bertz CT molecular complexity index is 1230. The third kappa shape index (κ3) is 6.39. The standard InChI is InChI=1S/C27H28FN3O6/c28-20-4-1-5-21(13-20)29-27(33)31(16-23-7-3-11-35-23)17-26(32)30(15-22-6-2-10-34-22)14-19-8-9-24-25(12-19)37-18-36-24/h1-2,4-6,8-10,12-13,23H,3,7,11,14-18H2,(H,29,33). The zero-order chi connectivity index (χ0) is 25.6. The summed E-state index contributed by atoms with van der Waals surface area (Å²) in [6, 6.07) is 14.2. The average molecular weight is 510 g/mol. The molecule has 2 aliphatic rings. The van der Waals surface area contributed by atoms with E-state index in [2.05, 4.69) is 5.32 Å². The number of carbonyl (C=O) groups excluding carboxylic acids is 2. The van der Waals surface area contributed by atoms with E-state index in [4.69, 9.17) is 18.6 Å². The molecule has 9 nitrogen and oxygen atoms in total. The first kappa shape index (κ1) is 24.6. The predicted molar refractivity (Wildman–Crippen MR) is 131 cm³/mol. The molecule has 1 saturated heterocycles. The molecule has 0 aliphatic carbocycles. The lowest BCUT2D eigenvalue weighted by atomic mass is 10.1. The number of amides is 3. The second-order valence-corrected chi connectivity index (χ2v) is 8.97. The Morgan fingerprint density at radius 1 is 1.00 bits per heavy atom. The summed E-state index contributed by atoms with van der Waals surface area (Å²) < 4.78 is 35.7. The molecule has 1 fully saturated rings. The van der Waals surface area contributed by atoms with Gasteiger partial charge in [-0.3, -0.25) is 4.79 Å². The second kappa shape index (κ2) is 11.3. The van der Waals surface area contributed by atoms with Crippen molar-refractivity contribution in [1.82, 2.24) is 9.80 Å². The van der Waals surface area contributed by atoms with Crippen LogP contribution in [0.5, 0.6) is 11.5 Å². The molecular formula is C27H28FN3O6. The Morgan fingerprint density at radius 2 is 1.89 bits per heavy atom. The van der Waals surface area contributed by atoms with Crippen molar-refractivity contribution in [3.05, 3.63) is 78.0 Å². The molecule has 10 heteroatoms. The molecule has 2 aliphatic heterocycles. The monoisotopic (exact) mass is 509 g/mol. The van der Waals surface area contributed by atoms with Crippen LogP contribution < -0.4 is 14.8 Å². The first-order valence-corrected chi connectivity index (χ1v) is 12.2. The minimum atomic E-state index is -0.504. The van der Waals surface area contributed by atoms with Crippen molar-refractivity contribution in [2.75, 3.05) is 31.8 Å². The van der Waals surface area contributed by atoms with Crippen molar-refractivity contribution in [3.8, 4) is 11.5 Å². The minimum absolute atomic E-state index is 0.159. The Morgan fingerprint density at radius 3 is 2.68 bits per heavy atom. The molecule has 0 saturated carbocycles. The maximum atomic E-state index is 13.7. The molecule has 2 aromatic carbocycles. The number of fused-ring (bicyclic) bond motifs is 1. The van der Waals surface area contributed by atoms with Gasteiger partial charge in [-0.1, -0.05) is 12.1 Å². The van der Waals surface area contributed by atoms with Gasteiger partial charge >= 0.3 is 6.03 Å². The van der Waals surface area contributed by atoms with E-state index < -0.39 is 11.8 Å². The second-order valence-electron chi connectivity index (χ2n) is 8.97. The van der Waals surface area contributed by atoms with Gasteiger partial charge in [-0.05, 0) is 60.9 Å². The highest BCUT2D eigenvalue weighted by atomic mass is 19.1. The quantitative estimate of drug-likeness (QED) is 0.460. The first-order valence-electron chi connectivity index (χ1n) is 12.2. The third-order valence-electron chi connectivity index (χ3n) is 6.23. The van der Waals surface area contributed by atoms with Gasteiger partial charge < -0.3 is 33.7 Å². The SMILES string of the molecule is O=C(CN(CC1CCCO1)C(=O)Nc1cccc(F)c1)N(Cc1ccc2c(c1)OCO2)Cc1ccco1. The highest BCUT2D eigenvalue weighted by molar-refractivity contribution is 5.92. The Labute approximate surface area is 213 Å². The summed E-state index contributed by atoms with van der Waals surface area (Å²) in [7, 11) is 0. The van der Waals surface area contributed by atoms with Crippen molar-refractivity contribution in [1.29, 1.82) is 0 Å². The molecule has 3 amide bonds. The molecule has 0 radical (unpaired) electrons. The smallest absolute Gasteiger partial charge is 0.322 e. The van der Waals surface area contributed by atoms with Crippen LogP contribution in [-0.4, -0.2) is 54.3 Å². The molecule has 0 bridgehead atoms. The molecule has 194 valence electrons. The molecular weight excluding hydrogens is 481 g/mol. The zero-order valence-electron chi connectivity index (χ0n) is 20.2. The van der Waals surface area contributed by atoms with Crippen LogP contribution in [0.2, 0.25) is 0 Å². The predicted octanol–water partition coefficient (Wildman–Crippen LogP) is 4.39. The molecule has 5 rings (SSSR count). The van der Waals surface area contributed by atoms with Crippen molar-refractivity contribution in [3.63, 3.8) is 0 Å². The molecule has 1 atom stereocenters. The van der Waals surface area contributed by atoms with Crippen molar-refractivity contribution >= 4 is 17.6 Å². The van der Waals surface area contributed by atoms with Gasteiger partial charge in [0.2, 0.25) is 12.7 Å². The number of furan rings is 1. The number of rotatable bonds is 9. The van der Waals surface area contributed by atoms with Gasteiger partial charge in [0.05, 0.1) is 18.9 Å². The van der Waals surface area contributed by atoms with E-state index >= 15 is 0 Å². The van der Waals surface area contributed by atoms with Crippen LogP contribution in [0, 0.1) is 5.82 Å². The number of nitrogens with zero attached hydrogens (tertiary/aromatic N) is 2. The summed E-state index contributed by atoms with van der Waals surface area (Å²) in [6.07, 6.45) is 3.07. The highest BCUT2D eigenvalue weighted by Crippen LogP contribution is 2.33. The van der Waals surface area contributed by atoms with Gasteiger partial charge in [0.25, 0.3) is 0 Å². The molecule has 1 aromatic heterocycles. The number of ether oxygens (including phenoxy) is 3. The summed E-state index contributed by atoms with van der Waals surface area (Å²) in [4.78, 5) is 29.8. The molecule has 37 heavy (non-hydrogen) atoms. The summed E-state index contributed by atoms with van der Waals surface area (Å²) in [6.45, 7) is 1.33. The van der Waals surface area contributed by atoms with Gasteiger partial charge in [-0.15, -0.1) is 0 Å². The van der Waals surface area contributed by atoms with Crippen LogP contribution in [0.1, 0.15) is 24.2 Å². The van der Waals surface area contributed by atoms with Gasteiger partial charge in [0.1, 0.15) is 18.1 Å². The van der Waals surface area contributed by atoms with E-state index in [1.165, 1.54) is 23.1 Å². The fourth-order valence-corrected chi connectivity index (χ4v) is 4.37. The molecule has 1 unspecified atom stereocenters. The lowest BCUT2D eigenvalue weighted by molar-refractivity contribution is -0.133.